The van der Waals surface area contributed by atoms with Crippen LogP contribution in [0, 0.1) is 0 Å². The molecule has 0 heterocycles. The van der Waals surface area contributed by atoms with Gasteiger partial charge in [0.25, 0.3) is 0 Å². The third kappa shape index (κ3) is 6.07. The maximum atomic E-state index is 9.79. The quantitative estimate of drug-likeness (QED) is 0.497. The summed E-state index contributed by atoms with van der Waals surface area (Å²) < 4.78 is 23.9. The van der Waals surface area contributed by atoms with E-state index in [2.05, 4.69) is 4.18 Å². The van der Waals surface area contributed by atoms with Crippen LogP contribution in [0.2, 0.25) is 0 Å². The minimum Gasteiger partial charge on any atom is -0.750 e. The van der Waals surface area contributed by atoms with Crippen LogP contribution in [-0.4, -0.2) is 14.4 Å². The standard InChI is InChI=1S/C4H10O3S/c1-4(2,3)7-8(5)6/h1-3H3,(H,5,6)/p-1. The van der Waals surface area contributed by atoms with Gasteiger partial charge in [-0.3, -0.25) is 4.18 Å². The first-order chi connectivity index (χ1) is 3.42. The van der Waals surface area contributed by atoms with Gasteiger partial charge < -0.3 is 4.55 Å². The molecule has 0 saturated carbocycles. The van der Waals surface area contributed by atoms with Crippen molar-refractivity contribution in [2.24, 2.45) is 0 Å². The van der Waals surface area contributed by atoms with E-state index in [0.717, 1.165) is 0 Å². The van der Waals surface area contributed by atoms with Crippen molar-refractivity contribution in [3.05, 3.63) is 0 Å². The summed E-state index contributed by atoms with van der Waals surface area (Å²) in [5, 5.41) is 0. The fraction of sp³-hybridized carbons (Fsp3) is 1.00. The molecule has 0 fully saturated rings. The van der Waals surface area contributed by atoms with Crippen molar-refractivity contribution in [2.45, 2.75) is 26.4 Å². The highest BCUT2D eigenvalue weighted by Crippen LogP contribution is 2.06. The van der Waals surface area contributed by atoms with Crippen LogP contribution >= 0.6 is 0 Å². The second-order valence-corrected chi connectivity index (χ2v) is 2.97. The smallest absolute Gasteiger partial charge is 0.0847 e. The summed E-state index contributed by atoms with van der Waals surface area (Å²) in [6.07, 6.45) is 0. The molecule has 0 aliphatic heterocycles. The van der Waals surface area contributed by atoms with E-state index in [9.17, 15) is 8.76 Å². The summed E-state index contributed by atoms with van der Waals surface area (Å²) in [4.78, 5) is 0. The molecule has 1 atom stereocenters. The Hall–Kier alpha value is 0.0700. The zero-order valence-corrected chi connectivity index (χ0v) is 5.95. The molecule has 3 nitrogen and oxygen atoms in total. The molecule has 0 aliphatic rings. The maximum Gasteiger partial charge on any atom is 0.0847 e. The van der Waals surface area contributed by atoms with E-state index in [1.165, 1.54) is 0 Å². The van der Waals surface area contributed by atoms with Crippen LogP contribution in [0.3, 0.4) is 0 Å². The Balaban J connectivity index is 3.55. The third-order valence-corrected chi connectivity index (χ3v) is 0.954. The molecular formula is C4H9O3S-. The van der Waals surface area contributed by atoms with Crippen molar-refractivity contribution >= 4 is 11.4 Å². The van der Waals surface area contributed by atoms with Gasteiger partial charge in [-0.1, -0.05) is 0 Å². The Kier molecular flexibility index (Phi) is 2.59. The monoisotopic (exact) mass is 137 g/mol. The van der Waals surface area contributed by atoms with Crippen molar-refractivity contribution in [3.8, 4) is 0 Å². The molecule has 0 aromatic carbocycles. The molecule has 1 unspecified atom stereocenters. The van der Waals surface area contributed by atoms with E-state index in [0.29, 0.717) is 0 Å². The second-order valence-electron chi connectivity index (χ2n) is 2.40. The van der Waals surface area contributed by atoms with Gasteiger partial charge >= 0.3 is 0 Å². The lowest BCUT2D eigenvalue weighted by atomic mass is 10.2. The molecule has 0 saturated heterocycles. The molecule has 4 heteroatoms. The minimum absolute atomic E-state index is 0.591. The molecule has 0 aliphatic carbocycles. The highest BCUT2D eigenvalue weighted by Gasteiger charge is 2.09. The van der Waals surface area contributed by atoms with Crippen molar-refractivity contribution in [1.29, 1.82) is 0 Å². The minimum atomic E-state index is -2.39. The molecule has 0 bridgehead atoms. The van der Waals surface area contributed by atoms with E-state index in [1.54, 1.807) is 20.8 Å². The zero-order chi connectivity index (χ0) is 6.78. The lowest BCUT2D eigenvalue weighted by Gasteiger charge is -2.19. The van der Waals surface area contributed by atoms with Gasteiger partial charge in [-0.15, -0.1) is 0 Å². The molecule has 0 aromatic heterocycles. The normalized spacial score (nSPS) is 16.0. The fourth-order valence-electron chi connectivity index (χ4n) is 0.204. The highest BCUT2D eigenvalue weighted by molar-refractivity contribution is 7.74. The molecule has 0 spiro atoms. The zero-order valence-electron chi connectivity index (χ0n) is 5.13. The van der Waals surface area contributed by atoms with Crippen LogP contribution in [0.5, 0.6) is 0 Å². The number of hydrogen-bond acceptors (Lipinski definition) is 3. The van der Waals surface area contributed by atoms with Crippen molar-refractivity contribution in [1.82, 2.24) is 0 Å². The van der Waals surface area contributed by atoms with Crippen LogP contribution < -0.4 is 0 Å². The van der Waals surface area contributed by atoms with Gasteiger partial charge in [0.1, 0.15) is 0 Å². The van der Waals surface area contributed by atoms with E-state index >= 15 is 0 Å². The van der Waals surface area contributed by atoms with Crippen molar-refractivity contribution in [3.63, 3.8) is 0 Å². The Labute approximate surface area is 51.5 Å². The van der Waals surface area contributed by atoms with Gasteiger partial charge in [0.05, 0.1) is 17.0 Å². The summed E-state index contributed by atoms with van der Waals surface area (Å²) in [6.45, 7) is 5.01. The van der Waals surface area contributed by atoms with E-state index in [1.807, 2.05) is 0 Å². The average Bonchev–Trinajstić information content (AvgIpc) is 1.21. The molecular weight excluding hydrogens is 128 g/mol. The molecule has 50 valence electrons. The number of hydrogen-bond donors (Lipinski definition) is 0. The summed E-state index contributed by atoms with van der Waals surface area (Å²) in [6, 6.07) is 0. The lowest BCUT2D eigenvalue weighted by molar-refractivity contribution is 0.134. The van der Waals surface area contributed by atoms with Crippen molar-refractivity contribution in [2.75, 3.05) is 0 Å². The third-order valence-electron chi connectivity index (χ3n) is 0.318. The van der Waals surface area contributed by atoms with Gasteiger partial charge in [-0.25, -0.2) is 4.21 Å². The molecule has 0 radical (unpaired) electrons. The van der Waals surface area contributed by atoms with Gasteiger partial charge in [0.2, 0.25) is 0 Å². The van der Waals surface area contributed by atoms with E-state index < -0.39 is 17.0 Å². The van der Waals surface area contributed by atoms with Gasteiger partial charge in [-0.05, 0) is 20.8 Å². The molecule has 0 aromatic rings. The lowest BCUT2D eigenvalue weighted by Crippen LogP contribution is -2.20. The summed E-state index contributed by atoms with van der Waals surface area (Å²) in [7, 11) is 0. The van der Waals surface area contributed by atoms with Crippen LogP contribution in [0.1, 0.15) is 20.8 Å². The summed E-state index contributed by atoms with van der Waals surface area (Å²) in [5.41, 5.74) is -0.591. The van der Waals surface area contributed by atoms with Crippen LogP contribution in [0.15, 0.2) is 0 Å². The predicted octanol–water partition coefficient (Wildman–Crippen LogP) is 0.596. The first-order valence-corrected chi connectivity index (χ1v) is 3.20. The fourth-order valence-corrected chi connectivity index (χ4v) is 0.612. The number of rotatable bonds is 1. The van der Waals surface area contributed by atoms with Gasteiger partial charge in [0.15, 0.2) is 0 Å². The van der Waals surface area contributed by atoms with Crippen molar-refractivity contribution < 1.29 is 12.9 Å². The SMILES string of the molecule is CC(C)(C)OS(=O)[O-]. The maximum absolute atomic E-state index is 9.79. The molecule has 0 N–H and O–H groups in total. The summed E-state index contributed by atoms with van der Waals surface area (Å²) >= 11 is -2.39. The van der Waals surface area contributed by atoms with E-state index in [-0.39, 0.29) is 0 Å². The first-order valence-electron chi connectivity index (χ1n) is 2.20. The highest BCUT2D eigenvalue weighted by atomic mass is 32.2. The Morgan fingerprint density at radius 3 is 1.88 bits per heavy atom. The first kappa shape index (κ1) is 8.07. The van der Waals surface area contributed by atoms with Gasteiger partial charge in [-0.2, -0.15) is 0 Å². The second kappa shape index (κ2) is 2.57. The predicted molar refractivity (Wildman–Crippen MR) is 29.8 cm³/mol. The Bertz CT molecular complexity index is 93.9. The topological polar surface area (TPSA) is 49.4 Å². The van der Waals surface area contributed by atoms with Gasteiger partial charge in [0, 0.05) is 0 Å². The largest absolute Gasteiger partial charge is 0.750 e. The Morgan fingerprint density at radius 1 is 1.50 bits per heavy atom. The Morgan fingerprint density at radius 2 is 1.88 bits per heavy atom. The molecule has 8 heavy (non-hydrogen) atoms. The summed E-state index contributed by atoms with van der Waals surface area (Å²) in [5.74, 6) is 0. The molecule has 0 amide bonds. The van der Waals surface area contributed by atoms with Crippen LogP contribution in [0.4, 0.5) is 0 Å². The molecule has 0 rings (SSSR count). The van der Waals surface area contributed by atoms with Crippen LogP contribution in [0.25, 0.3) is 0 Å². The van der Waals surface area contributed by atoms with E-state index in [4.69, 9.17) is 0 Å². The average molecular weight is 137 g/mol. The van der Waals surface area contributed by atoms with Crippen LogP contribution in [-0.2, 0) is 15.5 Å².